The second kappa shape index (κ2) is 10.8. The predicted molar refractivity (Wildman–Crippen MR) is 181 cm³/mol. The maximum Gasteiger partial charge on any atom is 0.309 e. The van der Waals surface area contributed by atoms with E-state index in [9.17, 15) is 30.0 Å². The van der Waals surface area contributed by atoms with Crippen molar-refractivity contribution in [3.8, 4) is 22.6 Å². The summed E-state index contributed by atoms with van der Waals surface area (Å²) < 4.78 is 0. The van der Waals surface area contributed by atoms with Crippen molar-refractivity contribution in [3.63, 3.8) is 0 Å². The molecule has 4 N–H and O–H groups in total. The van der Waals surface area contributed by atoms with E-state index in [1.807, 2.05) is 13.8 Å². The number of carboxylic acid groups (broad SMARTS) is 2. The Morgan fingerprint density at radius 2 is 1.00 bits per heavy atom. The van der Waals surface area contributed by atoms with Crippen LogP contribution in [0.3, 0.4) is 0 Å². The van der Waals surface area contributed by atoms with Crippen molar-refractivity contribution in [1.29, 1.82) is 0 Å². The van der Waals surface area contributed by atoms with E-state index in [0.717, 1.165) is 84.7 Å². The Hall–Kier alpha value is -3.02. The molecule has 0 amide bonds. The van der Waals surface area contributed by atoms with Gasteiger partial charge in [0, 0.05) is 22.3 Å². The molecule has 6 nitrogen and oxygen atoms in total. The molecule has 4 aliphatic rings. The Kier molecular flexibility index (Phi) is 7.69. The van der Waals surface area contributed by atoms with E-state index in [0.29, 0.717) is 24.0 Å². The zero-order valence-electron chi connectivity index (χ0n) is 29.1. The van der Waals surface area contributed by atoms with Crippen LogP contribution in [-0.4, -0.2) is 32.4 Å². The first-order valence-electron chi connectivity index (χ1n) is 17.7. The molecule has 2 aromatic rings. The SMILES string of the molecule is CC(C)c1c(O)c(-c2cc3c(c(C(C)C)c2O)CCC2[C@@](C)(C(=O)O)CCC[C@]32C)cc2c1CCC1[C@@](C)(C(=O)O)CCC[C@]21C. The second-order valence-electron chi connectivity index (χ2n) is 16.9. The van der Waals surface area contributed by atoms with Gasteiger partial charge in [0.25, 0.3) is 0 Å². The van der Waals surface area contributed by atoms with Gasteiger partial charge in [-0.05, 0) is 134 Å². The molecule has 6 rings (SSSR count). The van der Waals surface area contributed by atoms with Gasteiger partial charge < -0.3 is 20.4 Å². The first kappa shape index (κ1) is 32.9. The molecule has 46 heavy (non-hydrogen) atoms. The number of fused-ring (bicyclic) bond motifs is 6. The van der Waals surface area contributed by atoms with Gasteiger partial charge in [-0.3, -0.25) is 9.59 Å². The number of rotatable bonds is 5. The molecular formula is C40H54O6. The van der Waals surface area contributed by atoms with E-state index >= 15 is 0 Å². The Morgan fingerprint density at radius 1 is 0.652 bits per heavy atom. The summed E-state index contributed by atoms with van der Waals surface area (Å²) in [6.45, 7) is 16.7. The van der Waals surface area contributed by atoms with E-state index < -0.39 is 22.8 Å². The van der Waals surface area contributed by atoms with Crippen LogP contribution in [0.4, 0.5) is 0 Å². The number of aromatic hydroxyl groups is 2. The number of carbonyl (C=O) groups is 2. The van der Waals surface area contributed by atoms with Crippen LogP contribution in [0.2, 0.25) is 0 Å². The average molecular weight is 631 g/mol. The van der Waals surface area contributed by atoms with Gasteiger partial charge in [-0.15, -0.1) is 0 Å². The van der Waals surface area contributed by atoms with Crippen LogP contribution in [0.25, 0.3) is 11.1 Å². The fourth-order valence-electron chi connectivity index (χ4n) is 11.4. The number of hydrogen-bond donors (Lipinski definition) is 4. The molecule has 6 atom stereocenters. The number of phenolic OH excluding ortho intramolecular Hbond substituents is 2. The third kappa shape index (κ3) is 4.33. The lowest BCUT2D eigenvalue weighted by molar-refractivity contribution is -0.158. The highest BCUT2D eigenvalue weighted by Crippen LogP contribution is 2.62. The van der Waals surface area contributed by atoms with Gasteiger partial charge in [-0.2, -0.15) is 0 Å². The molecule has 0 heterocycles. The summed E-state index contributed by atoms with van der Waals surface area (Å²) >= 11 is 0. The third-order valence-corrected chi connectivity index (χ3v) is 13.8. The molecule has 0 spiro atoms. The molecule has 0 aliphatic heterocycles. The highest BCUT2D eigenvalue weighted by Gasteiger charge is 2.57. The predicted octanol–water partition coefficient (Wildman–Crippen LogP) is 9.20. The number of carboxylic acids is 2. The first-order valence-corrected chi connectivity index (χ1v) is 17.7. The summed E-state index contributed by atoms with van der Waals surface area (Å²) in [6, 6.07) is 4.18. The lowest BCUT2D eigenvalue weighted by Crippen LogP contribution is -2.52. The largest absolute Gasteiger partial charge is 0.507 e. The summed E-state index contributed by atoms with van der Waals surface area (Å²) in [6.07, 6.45) is 7.74. The van der Waals surface area contributed by atoms with Crippen molar-refractivity contribution in [2.24, 2.45) is 22.7 Å². The van der Waals surface area contributed by atoms with Crippen molar-refractivity contribution in [1.82, 2.24) is 0 Å². The van der Waals surface area contributed by atoms with Crippen molar-refractivity contribution in [3.05, 3.63) is 45.5 Å². The topological polar surface area (TPSA) is 115 Å². The van der Waals surface area contributed by atoms with Crippen LogP contribution in [0.1, 0.15) is 152 Å². The minimum atomic E-state index is -0.819. The number of phenols is 2. The van der Waals surface area contributed by atoms with Crippen LogP contribution >= 0.6 is 0 Å². The van der Waals surface area contributed by atoms with Gasteiger partial charge in [0.2, 0.25) is 0 Å². The molecule has 0 saturated heterocycles. The van der Waals surface area contributed by atoms with E-state index in [1.54, 1.807) is 0 Å². The first-order chi connectivity index (χ1) is 21.4. The van der Waals surface area contributed by atoms with Gasteiger partial charge in [0.15, 0.2) is 0 Å². The minimum absolute atomic E-state index is 0.0316. The van der Waals surface area contributed by atoms with E-state index in [1.165, 1.54) is 0 Å². The van der Waals surface area contributed by atoms with Gasteiger partial charge >= 0.3 is 11.9 Å². The molecule has 4 aliphatic carbocycles. The Balaban J connectivity index is 1.63. The summed E-state index contributed by atoms with van der Waals surface area (Å²) in [5.74, 6) is -1.05. The summed E-state index contributed by atoms with van der Waals surface area (Å²) in [4.78, 5) is 25.4. The van der Waals surface area contributed by atoms with Crippen LogP contribution < -0.4 is 0 Å². The molecular weight excluding hydrogens is 576 g/mol. The van der Waals surface area contributed by atoms with E-state index in [4.69, 9.17) is 0 Å². The number of aliphatic carboxylic acids is 2. The van der Waals surface area contributed by atoms with Crippen LogP contribution in [-0.2, 0) is 33.3 Å². The van der Waals surface area contributed by atoms with Crippen LogP contribution in [0.5, 0.6) is 11.5 Å². The lowest BCUT2D eigenvalue weighted by Gasteiger charge is -2.54. The third-order valence-electron chi connectivity index (χ3n) is 13.8. The Morgan fingerprint density at radius 3 is 1.30 bits per heavy atom. The average Bonchev–Trinajstić information content (AvgIpc) is 2.96. The number of benzene rings is 2. The van der Waals surface area contributed by atoms with Crippen molar-refractivity contribution in [2.45, 2.75) is 142 Å². The Bertz CT molecular complexity index is 1500. The molecule has 0 bridgehead atoms. The molecule has 250 valence electrons. The van der Waals surface area contributed by atoms with Gasteiger partial charge in [0.05, 0.1) is 10.8 Å². The molecule has 6 heteroatoms. The lowest BCUT2D eigenvalue weighted by atomic mass is 9.49. The Labute approximate surface area is 274 Å². The standard InChI is InChI=1S/C40H54O6/c1-21(2)31-23-11-13-29-37(5,15-9-17-39(29,7)35(43)44)27(23)19-25(33(31)41)26-20-28-24(32(22(3)4)34(26)42)12-14-30-38(28,6)16-10-18-40(30,8)36(45)46/h19-22,29-30,41-42H,9-18H2,1-8H3,(H,43,44)(H,45,46)/t29?,30?,37-,38-,39+,40+/m1/s1. The van der Waals surface area contributed by atoms with Gasteiger partial charge in [0.1, 0.15) is 11.5 Å². The maximum atomic E-state index is 12.7. The summed E-state index contributed by atoms with van der Waals surface area (Å²) in [7, 11) is 0. The molecule has 2 fully saturated rings. The van der Waals surface area contributed by atoms with E-state index in [2.05, 4.69) is 53.7 Å². The fourth-order valence-corrected chi connectivity index (χ4v) is 11.4. The van der Waals surface area contributed by atoms with Crippen molar-refractivity contribution < 1.29 is 30.0 Å². The van der Waals surface area contributed by atoms with E-state index in [-0.39, 0.29) is 46.0 Å². The monoisotopic (exact) mass is 630 g/mol. The molecule has 2 aromatic carbocycles. The molecule has 0 aromatic heterocycles. The van der Waals surface area contributed by atoms with Crippen LogP contribution in [0.15, 0.2) is 12.1 Å². The molecule has 0 radical (unpaired) electrons. The highest BCUT2D eigenvalue weighted by atomic mass is 16.4. The van der Waals surface area contributed by atoms with Gasteiger partial charge in [-0.1, -0.05) is 54.4 Å². The fraction of sp³-hybridized carbons (Fsp3) is 0.650. The second-order valence-corrected chi connectivity index (χ2v) is 16.9. The molecule has 2 unspecified atom stereocenters. The van der Waals surface area contributed by atoms with Crippen molar-refractivity contribution >= 4 is 11.9 Å². The summed E-state index contributed by atoms with van der Waals surface area (Å²) in [5.41, 5.74) is 5.16. The van der Waals surface area contributed by atoms with Crippen molar-refractivity contribution in [2.75, 3.05) is 0 Å². The van der Waals surface area contributed by atoms with Crippen LogP contribution in [0, 0.1) is 22.7 Å². The number of hydrogen-bond acceptors (Lipinski definition) is 4. The van der Waals surface area contributed by atoms with Gasteiger partial charge in [-0.25, -0.2) is 0 Å². The normalized spacial score (nSPS) is 33.6. The smallest absolute Gasteiger partial charge is 0.309 e. The minimum Gasteiger partial charge on any atom is -0.507 e. The zero-order valence-corrected chi connectivity index (χ0v) is 29.1. The molecule has 2 saturated carbocycles. The highest BCUT2D eigenvalue weighted by molar-refractivity contribution is 5.83. The quantitative estimate of drug-likeness (QED) is 0.262. The maximum absolute atomic E-state index is 12.7. The zero-order chi connectivity index (χ0) is 33.7. The summed E-state index contributed by atoms with van der Waals surface area (Å²) in [5, 5.41) is 45.2.